The largest absolute Gasteiger partial charge is 0.276 e. The van der Waals surface area contributed by atoms with Crippen LogP contribution in [0.1, 0.15) is 17.3 Å². The number of nitrogens with two attached hydrogens (primary N) is 1. The Morgan fingerprint density at radius 1 is 1.38 bits per heavy atom. The Labute approximate surface area is 131 Å². The summed E-state index contributed by atoms with van der Waals surface area (Å²) >= 11 is 3.60. The normalized spacial score (nSPS) is 12.7. The second-order valence-corrected chi connectivity index (χ2v) is 5.85. The maximum absolute atomic E-state index is 5.73. The minimum absolute atomic E-state index is 0.0758. The molecule has 1 atom stereocenters. The highest BCUT2D eigenvalue weighted by molar-refractivity contribution is 9.10. The number of hydrogen-bond donors (Lipinski definition) is 2. The van der Waals surface area contributed by atoms with Crippen molar-refractivity contribution in [1.82, 2.24) is 20.2 Å². The number of aromatic nitrogens is 3. The highest BCUT2D eigenvalue weighted by Crippen LogP contribution is 2.27. The summed E-state index contributed by atoms with van der Waals surface area (Å²) in [6.07, 6.45) is 4.56. The molecule has 2 aromatic heterocycles. The maximum Gasteiger partial charge on any atom is 0.0739 e. The van der Waals surface area contributed by atoms with E-state index in [1.165, 1.54) is 0 Å². The van der Waals surface area contributed by atoms with Crippen molar-refractivity contribution in [3.05, 3.63) is 58.5 Å². The fourth-order valence-corrected chi connectivity index (χ4v) is 3.01. The van der Waals surface area contributed by atoms with Gasteiger partial charge in [-0.25, -0.2) is 4.98 Å². The summed E-state index contributed by atoms with van der Waals surface area (Å²) in [6, 6.07) is 10.0. The zero-order valence-corrected chi connectivity index (χ0v) is 13.2. The Kier molecular flexibility index (Phi) is 4.01. The van der Waals surface area contributed by atoms with Crippen molar-refractivity contribution in [3.63, 3.8) is 0 Å². The van der Waals surface area contributed by atoms with Gasteiger partial charge in [-0.15, -0.1) is 0 Å². The number of aryl methyl sites for hydroxylation is 1. The van der Waals surface area contributed by atoms with Crippen LogP contribution in [-0.4, -0.2) is 14.8 Å². The minimum Gasteiger partial charge on any atom is -0.276 e. The molecule has 0 amide bonds. The third-order valence-corrected chi connectivity index (χ3v) is 4.07. The van der Waals surface area contributed by atoms with Crippen molar-refractivity contribution in [1.29, 1.82) is 0 Å². The SMILES string of the molecule is Cn1cc(CC(NN)c2nc3ccccc3cc2Br)cn1. The van der Waals surface area contributed by atoms with Crippen LogP contribution in [0.3, 0.4) is 0 Å². The highest BCUT2D eigenvalue weighted by atomic mass is 79.9. The Morgan fingerprint density at radius 3 is 2.90 bits per heavy atom. The number of para-hydroxylation sites is 1. The summed E-state index contributed by atoms with van der Waals surface area (Å²) in [7, 11) is 1.90. The summed E-state index contributed by atoms with van der Waals surface area (Å²) in [5.41, 5.74) is 5.83. The number of benzene rings is 1. The van der Waals surface area contributed by atoms with Gasteiger partial charge in [0.15, 0.2) is 0 Å². The third kappa shape index (κ3) is 2.97. The molecule has 1 unspecified atom stereocenters. The molecule has 0 aliphatic carbocycles. The predicted octanol–water partition coefficient (Wildman–Crippen LogP) is 2.48. The number of hydrazine groups is 1. The van der Waals surface area contributed by atoms with Crippen LogP contribution in [0.4, 0.5) is 0 Å². The van der Waals surface area contributed by atoms with Crippen LogP contribution in [0.25, 0.3) is 10.9 Å². The summed E-state index contributed by atoms with van der Waals surface area (Å²) in [5.74, 6) is 5.73. The standard InChI is InChI=1S/C15H16BrN5/c1-21-9-10(8-18-21)6-14(20-17)15-12(16)7-11-4-2-3-5-13(11)19-15/h2-5,7-9,14,20H,6,17H2,1H3. The zero-order valence-electron chi connectivity index (χ0n) is 11.6. The third-order valence-electron chi connectivity index (χ3n) is 3.43. The van der Waals surface area contributed by atoms with Gasteiger partial charge >= 0.3 is 0 Å². The molecule has 2 heterocycles. The first kappa shape index (κ1) is 14.2. The lowest BCUT2D eigenvalue weighted by molar-refractivity contribution is 0.537. The monoisotopic (exact) mass is 345 g/mol. The van der Waals surface area contributed by atoms with E-state index >= 15 is 0 Å². The average Bonchev–Trinajstić information content (AvgIpc) is 2.89. The maximum atomic E-state index is 5.73. The first-order valence-corrected chi connectivity index (χ1v) is 7.45. The molecule has 0 aliphatic rings. The van der Waals surface area contributed by atoms with Crippen LogP contribution >= 0.6 is 15.9 Å². The second kappa shape index (κ2) is 5.93. The van der Waals surface area contributed by atoms with E-state index < -0.39 is 0 Å². The Hall–Kier alpha value is -1.76. The highest BCUT2D eigenvalue weighted by Gasteiger charge is 2.17. The molecule has 3 N–H and O–H groups in total. The molecule has 3 aromatic rings. The molecule has 1 aromatic carbocycles. The smallest absolute Gasteiger partial charge is 0.0739 e. The topological polar surface area (TPSA) is 68.8 Å². The quantitative estimate of drug-likeness (QED) is 0.563. The van der Waals surface area contributed by atoms with Gasteiger partial charge in [-0.2, -0.15) is 5.10 Å². The summed E-state index contributed by atoms with van der Waals surface area (Å²) in [6.45, 7) is 0. The fraction of sp³-hybridized carbons (Fsp3) is 0.200. The van der Waals surface area contributed by atoms with E-state index in [-0.39, 0.29) is 6.04 Å². The van der Waals surface area contributed by atoms with Crippen LogP contribution in [0, 0.1) is 0 Å². The molecule has 3 rings (SSSR count). The van der Waals surface area contributed by atoms with E-state index in [0.29, 0.717) is 0 Å². The lowest BCUT2D eigenvalue weighted by Gasteiger charge is -2.17. The molecule has 108 valence electrons. The van der Waals surface area contributed by atoms with Crippen LogP contribution < -0.4 is 11.3 Å². The summed E-state index contributed by atoms with van der Waals surface area (Å²) in [5, 5.41) is 5.29. The predicted molar refractivity (Wildman–Crippen MR) is 86.4 cm³/mol. The van der Waals surface area contributed by atoms with Crippen LogP contribution in [0.15, 0.2) is 47.2 Å². The van der Waals surface area contributed by atoms with E-state index in [0.717, 1.165) is 33.1 Å². The Balaban J connectivity index is 1.97. The van der Waals surface area contributed by atoms with Crippen molar-refractivity contribution in [2.45, 2.75) is 12.5 Å². The molecular weight excluding hydrogens is 330 g/mol. The molecular formula is C15H16BrN5. The fourth-order valence-electron chi connectivity index (χ4n) is 2.40. The van der Waals surface area contributed by atoms with Gasteiger partial charge in [-0.3, -0.25) is 16.0 Å². The van der Waals surface area contributed by atoms with Gasteiger partial charge in [0.05, 0.1) is 23.4 Å². The summed E-state index contributed by atoms with van der Waals surface area (Å²) < 4.78 is 2.74. The molecule has 0 radical (unpaired) electrons. The number of fused-ring (bicyclic) bond motifs is 1. The number of hydrogen-bond acceptors (Lipinski definition) is 4. The molecule has 0 bridgehead atoms. The number of nitrogens with zero attached hydrogens (tertiary/aromatic N) is 3. The number of pyridine rings is 1. The minimum atomic E-state index is -0.0758. The lowest BCUT2D eigenvalue weighted by atomic mass is 10.1. The van der Waals surface area contributed by atoms with Crippen molar-refractivity contribution in [3.8, 4) is 0 Å². The molecule has 0 fully saturated rings. The molecule has 0 aliphatic heterocycles. The van der Waals surface area contributed by atoms with E-state index in [4.69, 9.17) is 10.8 Å². The first-order chi connectivity index (χ1) is 10.2. The number of rotatable bonds is 4. The first-order valence-electron chi connectivity index (χ1n) is 6.66. The van der Waals surface area contributed by atoms with Crippen molar-refractivity contribution in [2.24, 2.45) is 12.9 Å². The van der Waals surface area contributed by atoms with E-state index in [9.17, 15) is 0 Å². The van der Waals surface area contributed by atoms with Crippen LogP contribution in [0.2, 0.25) is 0 Å². The van der Waals surface area contributed by atoms with Gasteiger partial charge in [-0.1, -0.05) is 18.2 Å². The molecule has 5 nitrogen and oxygen atoms in total. The van der Waals surface area contributed by atoms with Gasteiger partial charge in [0.2, 0.25) is 0 Å². The Bertz CT molecular complexity index is 768. The van der Waals surface area contributed by atoms with Gasteiger partial charge < -0.3 is 0 Å². The van der Waals surface area contributed by atoms with Crippen LogP contribution in [0.5, 0.6) is 0 Å². The van der Waals surface area contributed by atoms with E-state index in [1.807, 2.05) is 43.7 Å². The molecule has 0 saturated carbocycles. The van der Waals surface area contributed by atoms with Gasteiger partial charge in [-0.05, 0) is 40.0 Å². The number of halogens is 1. The van der Waals surface area contributed by atoms with Crippen molar-refractivity contribution < 1.29 is 0 Å². The average molecular weight is 346 g/mol. The number of nitrogens with one attached hydrogen (secondary N) is 1. The van der Waals surface area contributed by atoms with Crippen molar-refractivity contribution in [2.75, 3.05) is 0 Å². The molecule has 6 heteroatoms. The van der Waals surface area contributed by atoms with Crippen LogP contribution in [-0.2, 0) is 13.5 Å². The summed E-state index contributed by atoms with van der Waals surface area (Å²) in [4.78, 5) is 4.73. The molecule has 21 heavy (non-hydrogen) atoms. The molecule has 0 spiro atoms. The second-order valence-electron chi connectivity index (χ2n) is 4.99. The van der Waals surface area contributed by atoms with E-state index in [1.54, 1.807) is 4.68 Å². The van der Waals surface area contributed by atoms with Gasteiger partial charge in [0, 0.05) is 23.1 Å². The lowest BCUT2D eigenvalue weighted by Crippen LogP contribution is -2.30. The Morgan fingerprint density at radius 2 is 2.19 bits per heavy atom. The molecule has 0 saturated heterocycles. The van der Waals surface area contributed by atoms with Gasteiger partial charge in [0.1, 0.15) is 0 Å². The zero-order chi connectivity index (χ0) is 14.8. The van der Waals surface area contributed by atoms with Gasteiger partial charge in [0.25, 0.3) is 0 Å². The van der Waals surface area contributed by atoms with Crippen molar-refractivity contribution >= 4 is 26.8 Å². The van der Waals surface area contributed by atoms with E-state index in [2.05, 4.69) is 32.5 Å².